The smallest absolute Gasteiger partial charge is 0.306 e. The van der Waals surface area contributed by atoms with Gasteiger partial charge in [0.1, 0.15) is 54.9 Å². The van der Waals surface area contributed by atoms with Gasteiger partial charge in [-0.25, -0.2) is 0 Å². The summed E-state index contributed by atoms with van der Waals surface area (Å²) in [5, 5.41) is 72.3. The van der Waals surface area contributed by atoms with Crippen LogP contribution in [-0.2, 0) is 33.2 Å². The summed E-state index contributed by atoms with van der Waals surface area (Å²) >= 11 is 0. The Hall–Kier alpha value is -2.31. The first-order valence-electron chi connectivity index (χ1n) is 28.9. The Labute approximate surface area is 441 Å². The van der Waals surface area contributed by atoms with Gasteiger partial charge in [-0.2, -0.15) is 0 Å². The van der Waals surface area contributed by atoms with E-state index in [1.165, 1.54) is 109 Å². The minimum Gasteiger partial charge on any atom is -0.457 e. The second-order valence-electron chi connectivity index (χ2n) is 20.1. The summed E-state index contributed by atoms with van der Waals surface area (Å²) in [4.78, 5) is 13.1. The normalized spacial score (nSPS) is 25.4. The summed E-state index contributed by atoms with van der Waals surface area (Å²) in [7, 11) is 0. The van der Waals surface area contributed by atoms with Crippen molar-refractivity contribution in [1.82, 2.24) is 0 Å². The van der Waals surface area contributed by atoms with E-state index in [0.717, 1.165) is 70.6 Å². The van der Waals surface area contributed by atoms with Crippen molar-refractivity contribution in [2.75, 3.05) is 33.0 Å². The Morgan fingerprint density at radius 3 is 1.41 bits per heavy atom. The molecule has 2 fully saturated rings. The van der Waals surface area contributed by atoms with Crippen LogP contribution in [0.5, 0.6) is 0 Å². The molecule has 0 aromatic heterocycles. The van der Waals surface area contributed by atoms with Gasteiger partial charge >= 0.3 is 5.97 Å². The molecule has 2 aliphatic rings. The zero-order valence-electron chi connectivity index (χ0n) is 45.4. The SMILES string of the molecule is CC/C=C\C/C=C\C/C=C\C/C=C\CCCCCCCCCCC(=O)OC(COCCCCCCCCCC/C=C\CCCCCCCC)COC1OC(COC2OC(CO)C(O)C(O)C2O)C(O)C(O)C1O. The molecule has 2 saturated heterocycles. The molecule has 2 heterocycles. The highest BCUT2D eigenvalue weighted by Gasteiger charge is 2.47. The van der Waals surface area contributed by atoms with Crippen LogP contribution < -0.4 is 0 Å². The average molecular weight is 1040 g/mol. The molecule has 0 aromatic carbocycles. The van der Waals surface area contributed by atoms with E-state index in [0.29, 0.717) is 13.0 Å². The molecule has 0 aliphatic carbocycles. The molecule has 7 N–H and O–H groups in total. The van der Waals surface area contributed by atoms with Crippen molar-refractivity contribution in [2.24, 2.45) is 0 Å². The molecular formula is C59H104O14. The molecule has 14 heteroatoms. The summed E-state index contributed by atoms with van der Waals surface area (Å²) in [6, 6.07) is 0. The lowest BCUT2D eigenvalue weighted by molar-refractivity contribution is -0.332. The van der Waals surface area contributed by atoms with Crippen LogP contribution in [-0.4, -0.2) is 142 Å². The van der Waals surface area contributed by atoms with Crippen LogP contribution in [0.4, 0.5) is 0 Å². The maximum absolute atomic E-state index is 13.1. The lowest BCUT2D eigenvalue weighted by Crippen LogP contribution is -2.61. The second kappa shape index (κ2) is 45.8. The molecule has 2 rings (SSSR count). The Morgan fingerprint density at radius 1 is 0.466 bits per heavy atom. The van der Waals surface area contributed by atoms with Crippen molar-refractivity contribution < 1.29 is 69.0 Å². The number of allylic oxidation sites excluding steroid dienone is 10. The second-order valence-corrected chi connectivity index (χ2v) is 20.1. The lowest BCUT2D eigenvalue weighted by Gasteiger charge is -2.42. The molecule has 424 valence electrons. The molecule has 0 amide bonds. The van der Waals surface area contributed by atoms with Crippen LogP contribution in [0.1, 0.15) is 206 Å². The van der Waals surface area contributed by atoms with Crippen LogP contribution in [0.15, 0.2) is 60.8 Å². The van der Waals surface area contributed by atoms with Crippen molar-refractivity contribution in [3.8, 4) is 0 Å². The maximum Gasteiger partial charge on any atom is 0.306 e. The Morgan fingerprint density at radius 2 is 0.890 bits per heavy atom. The van der Waals surface area contributed by atoms with Crippen LogP contribution >= 0.6 is 0 Å². The Kier molecular flexibility index (Phi) is 42.0. The van der Waals surface area contributed by atoms with Gasteiger partial charge in [0.15, 0.2) is 12.6 Å². The molecule has 0 aromatic rings. The maximum atomic E-state index is 13.1. The van der Waals surface area contributed by atoms with E-state index >= 15 is 0 Å². The number of carbonyl (C=O) groups excluding carboxylic acids is 1. The van der Waals surface area contributed by atoms with E-state index < -0.39 is 80.7 Å². The summed E-state index contributed by atoms with van der Waals surface area (Å²) < 4.78 is 34.4. The minimum absolute atomic E-state index is 0.0546. The topological polar surface area (TPSA) is 214 Å². The molecular weight excluding hydrogens is 933 g/mol. The fraction of sp³-hybridized carbons (Fsp3) is 0.814. The highest BCUT2D eigenvalue weighted by Crippen LogP contribution is 2.26. The number of aliphatic hydroxyl groups is 7. The number of carbonyl (C=O) groups is 1. The van der Waals surface area contributed by atoms with Gasteiger partial charge in [-0.3, -0.25) is 4.79 Å². The van der Waals surface area contributed by atoms with E-state index in [2.05, 4.69) is 74.6 Å². The van der Waals surface area contributed by atoms with Gasteiger partial charge in [0.05, 0.1) is 26.4 Å². The first-order chi connectivity index (χ1) is 35.6. The molecule has 0 saturated carbocycles. The van der Waals surface area contributed by atoms with Gasteiger partial charge in [-0.05, 0) is 77.0 Å². The summed E-state index contributed by atoms with van der Waals surface area (Å²) in [6.45, 7) is 3.57. The quantitative estimate of drug-likeness (QED) is 0.0172. The summed E-state index contributed by atoms with van der Waals surface area (Å²) in [6.07, 6.45) is 39.9. The number of hydrogen-bond acceptors (Lipinski definition) is 14. The molecule has 0 bridgehead atoms. The van der Waals surface area contributed by atoms with Crippen molar-refractivity contribution >= 4 is 5.97 Å². The molecule has 11 atom stereocenters. The van der Waals surface area contributed by atoms with Gasteiger partial charge in [0.2, 0.25) is 0 Å². The van der Waals surface area contributed by atoms with Crippen molar-refractivity contribution in [3.05, 3.63) is 60.8 Å². The van der Waals surface area contributed by atoms with Gasteiger partial charge in [0, 0.05) is 13.0 Å². The molecule has 0 radical (unpaired) electrons. The van der Waals surface area contributed by atoms with E-state index in [-0.39, 0.29) is 25.6 Å². The average Bonchev–Trinajstić information content (AvgIpc) is 3.39. The number of aliphatic hydroxyl groups excluding tert-OH is 7. The van der Waals surface area contributed by atoms with Crippen molar-refractivity contribution in [3.63, 3.8) is 0 Å². The predicted molar refractivity (Wildman–Crippen MR) is 289 cm³/mol. The van der Waals surface area contributed by atoms with E-state index in [4.69, 9.17) is 28.4 Å². The molecule has 0 spiro atoms. The fourth-order valence-electron chi connectivity index (χ4n) is 8.86. The minimum atomic E-state index is -1.71. The third kappa shape index (κ3) is 32.8. The molecule has 2 aliphatic heterocycles. The van der Waals surface area contributed by atoms with E-state index in [1.54, 1.807) is 0 Å². The Balaban J connectivity index is 1.73. The number of hydrogen-bond donors (Lipinski definition) is 7. The number of unbranched alkanes of at least 4 members (excludes halogenated alkanes) is 22. The highest BCUT2D eigenvalue weighted by molar-refractivity contribution is 5.69. The number of ether oxygens (including phenoxy) is 6. The molecule has 14 nitrogen and oxygen atoms in total. The lowest BCUT2D eigenvalue weighted by atomic mass is 9.98. The number of rotatable bonds is 46. The van der Waals surface area contributed by atoms with Gasteiger partial charge in [0.25, 0.3) is 0 Å². The van der Waals surface area contributed by atoms with Gasteiger partial charge in [-0.1, -0.05) is 184 Å². The fourth-order valence-corrected chi connectivity index (χ4v) is 8.86. The Bertz CT molecular complexity index is 1440. The molecule has 73 heavy (non-hydrogen) atoms. The third-order valence-electron chi connectivity index (χ3n) is 13.5. The van der Waals surface area contributed by atoms with E-state index in [9.17, 15) is 40.5 Å². The van der Waals surface area contributed by atoms with Crippen molar-refractivity contribution in [1.29, 1.82) is 0 Å². The van der Waals surface area contributed by atoms with Crippen LogP contribution in [0.2, 0.25) is 0 Å². The zero-order valence-corrected chi connectivity index (χ0v) is 45.4. The van der Waals surface area contributed by atoms with Crippen LogP contribution in [0.25, 0.3) is 0 Å². The number of esters is 1. The largest absolute Gasteiger partial charge is 0.457 e. The monoisotopic (exact) mass is 1040 g/mol. The predicted octanol–water partition coefficient (Wildman–Crippen LogP) is 10.1. The zero-order chi connectivity index (χ0) is 53.0. The third-order valence-corrected chi connectivity index (χ3v) is 13.5. The highest BCUT2D eigenvalue weighted by atomic mass is 16.7. The first-order valence-corrected chi connectivity index (χ1v) is 28.9. The summed E-state index contributed by atoms with van der Waals surface area (Å²) in [5.41, 5.74) is 0. The summed E-state index contributed by atoms with van der Waals surface area (Å²) in [5.74, 6) is -0.386. The molecule has 11 unspecified atom stereocenters. The van der Waals surface area contributed by atoms with Gasteiger partial charge < -0.3 is 64.2 Å². The standard InChI is InChI=1S/C59H104O14/c1-3-5-7-9-11-13-15-17-19-21-23-24-25-26-28-30-32-34-36-38-40-42-51(61)71-48(45-68-43-41-39-37-35-33-31-29-27-22-20-18-16-14-12-10-8-6-4-2)46-69-58-57(67)55(65)53(63)50(73-58)47-70-59-56(66)54(64)52(62)49(44-60)72-59/h5,7,11,13,17-20,23-24,48-50,52-60,62-67H,3-4,6,8-10,12,14-16,21-22,25-47H2,1-2H3/b7-5-,13-11-,19-17-,20-18-,24-23-. The first kappa shape index (κ1) is 66.8. The van der Waals surface area contributed by atoms with Crippen molar-refractivity contribution in [2.45, 2.75) is 274 Å². The van der Waals surface area contributed by atoms with E-state index in [1.807, 2.05) is 0 Å². The van der Waals surface area contributed by atoms with Crippen LogP contribution in [0.3, 0.4) is 0 Å². The van der Waals surface area contributed by atoms with Crippen LogP contribution in [0, 0.1) is 0 Å². The van der Waals surface area contributed by atoms with Gasteiger partial charge in [-0.15, -0.1) is 0 Å².